The molecule has 5 nitrogen and oxygen atoms in total. The molecule has 1 fully saturated rings. The number of nitrogens with one attached hydrogen (secondary N) is 1. The van der Waals surface area contributed by atoms with Crippen LogP contribution in [0.1, 0.15) is 56.5 Å². The van der Waals surface area contributed by atoms with E-state index in [4.69, 9.17) is 16.3 Å². The summed E-state index contributed by atoms with van der Waals surface area (Å²) >= 11 is 6.12. The zero-order valence-electron chi connectivity index (χ0n) is 16.4. The smallest absolute Gasteiger partial charge is 0.340 e. The molecule has 0 radical (unpaired) electrons. The molecule has 1 aliphatic carbocycles. The van der Waals surface area contributed by atoms with Crippen molar-refractivity contribution in [1.29, 1.82) is 0 Å². The first-order valence-electron chi connectivity index (χ1n) is 9.45. The number of amides is 1. The van der Waals surface area contributed by atoms with E-state index < -0.39 is 11.5 Å². The number of ether oxygens (including phenoxy) is 1. The molecule has 144 valence electrons. The maximum absolute atomic E-state index is 13.3. The van der Waals surface area contributed by atoms with Crippen LogP contribution in [0.15, 0.2) is 12.1 Å². The molecule has 0 aromatic heterocycles. The van der Waals surface area contributed by atoms with Gasteiger partial charge in [0, 0.05) is 17.9 Å². The van der Waals surface area contributed by atoms with Crippen molar-refractivity contribution < 1.29 is 18.8 Å². The summed E-state index contributed by atoms with van der Waals surface area (Å²) in [6, 6.07) is 3.31. The number of carbonyl (C=O) groups excluding carboxylic acids is 2. The molecule has 26 heavy (non-hydrogen) atoms. The molecule has 0 unspecified atom stereocenters. The normalized spacial score (nSPS) is 15.5. The van der Waals surface area contributed by atoms with Crippen molar-refractivity contribution in [2.45, 2.75) is 53.0 Å². The summed E-state index contributed by atoms with van der Waals surface area (Å²) < 4.78 is 5.90. The fourth-order valence-electron chi connectivity index (χ4n) is 4.12. The number of hydrogen-bond donors (Lipinski definition) is 1. The molecule has 1 amide bonds. The third-order valence-electron chi connectivity index (χ3n) is 5.90. The Bertz CT molecular complexity index is 686. The van der Waals surface area contributed by atoms with Crippen molar-refractivity contribution in [3.63, 3.8) is 0 Å². The Morgan fingerprint density at radius 1 is 1.15 bits per heavy atom. The number of nitrogens with zero attached hydrogens (tertiary/aromatic N) is 1. The number of anilines is 1. The number of halogens is 1. The van der Waals surface area contributed by atoms with E-state index in [0.717, 1.165) is 42.5 Å². The van der Waals surface area contributed by atoms with Crippen molar-refractivity contribution in [3.8, 4) is 0 Å². The van der Waals surface area contributed by atoms with E-state index in [1.807, 2.05) is 6.92 Å². The van der Waals surface area contributed by atoms with Gasteiger partial charge < -0.3 is 14.5 Å². The first kappa shape index (κ1) is 20.7. The van der Waals surface area contributed by atoms with E-state index >= 15 is 0 Å². The number of carbonyl (C=O) groups is 2. The molecule has 2 rings (SSSR count). The van der Waals surface area contributed by atoms with Gasteiger partial charge in [-0.1, -0.05) is 11.6 Å². The fourth-order valence-corrected chi connectivity index (χ4v) is 4.40. The van der Waals surface area contributed by atoms with Crippen LogP contribution in [0, 0.1) is 6.92 Å². The molecule has 1 aliphatic rings. The van der Waals surface area contributed by atoms with E-state index in [2.05, 4.69) is 26.1 Å². The third-order valence-corrected chi connectivity index (χ3v) is 6.12. The summed E-state index contributed by atoms with van der Waals surface area (Å²) in [7, 11) is 0. The van der Waals surface area contributed by atoms with Crippen molar-refractivity contribution in [1.82, 2.24) is 0 Å². The number of aryl methyl sites for hydroxylation is 1. The van der Waals surface area contributed by atoms with Crippen molar-refractivity contribution in [3.05, 3.63) is 28.3 Å². The summed E-state index contributed by atoms with van der Waals surface area (Å²) in [5, 5.41) is 3.49. The molecule has 6 heteroatoms. The van der Waals surface area contributed by atoms with E-state index in [1.54, 1.807) is 19.1 Å². The van der Waals surface area contributed by atoms with Gasteiger partial charge in [-0.15, -0.1) is 0 Å². The Morgan fingerprint density at radius 3 is 2.19 bits per heavy atom. The lowest BCUT2D eigenvalue weighted by atomic mass is 10.0. The highest BCUT2D eigenvalue weighted by molar-refractivity contribution is 6.31. The SMILES string of the molecule is CCOC(=O)c1cc(Cl)cc(C)c1NC(=O)C1([N+](CC)(CC)CC)CC1. The third kappa shape index (κ3) is 3.47. The van der Waals surface area contributed by atoms with Gasteiger partial charge in [0.15, 0.2) is 5.54 Å². The second kappa shape index (κ2) is 7.97. The van der Waals surface area contributed by atoms with Crippen LogP contribution in [0.3, 0.4) is 0 Å². The lowest BCUT2D eigenvalue weighted by Gasteiger charge is -2.43. The minimum absolute atomic E-state index is 0.0148. The van der Waals surface area contributed by atoms with Crippen LogP contribution in [0.2, 0.25) is 5.02 Å². The molecular weight excluding hydrogens is 352 g/mol. The molecule has 0 bridgehead atoms. The zero-order valence-corrected chi connectivity index (χ0v) is 17.2. The van der Waals surface area contributed by atoms with Crippen molar-refractivity contribution in [2.75, 3.05) is 31.6 Å². The summed E-state index contributed by atoms with van der Waals surface area (Å²) in [5.74, 6) is -0.487. The van der Waals surface area contributed by atoms with Crippen LogP contribution in [0.5, 0.6) is 0 Å². The molecule has 0 atom stereocenters. The van der Waals surface area contributed by atoms with Gasteiger partial charge in [-0.2, -0.15) is 0 Å². The topological polar surface area (TPSA) is 55.4 Å². The van der Waals surface area contributed by atoms with Gasteiger partial charge in [-0.05, 0) is 52.3 Å². The molecule has 1 aromatic carbocycles. The predicted molar refractivity (Wildman–Crippen MR) is 105 cm³/mol. The van der Waals surface area contributed by atoms with Gasteiger partial charge in [0.1, 0.15) is 0 Å². The highest BCUT2D eigenvalue weighted by Crippen LogP contribution is 2.48. The maximum Gasteiger partial charge on any atom is 0.340 e. The van der Waals surface area contributed by atoms with Gasteiger partial charge in [0.25, 0.3) is 5.91 Å². The molecule has 1 saturated carbocycles. The molecule has 0 aliphatic heterocycles. The summed E-state index contributed by atoms with van der Waals surface area (Å²) in [6.45, 7) is 13.0. The quantitative estimate of drug-likeness (QED) is 0.543. The molecule has 0 saturated heterocycles. The van der Waals surface area contributed by atoms with Gasteiger partial charge >= 0.3 is 5.97 Å². The molecule has 1 N–H and O–H groups in total. The zero-order chi connectivity index (χ0) is 19.5. The van der Waals surface area contributed by atoms with Gasteiger partial charge in [-0.25, -0.2) is 4.79 Å². The van der Waals surface area contributed by atoms with Crippen LogP contribution in [0.4, 0.5) is 5.69 Å². The predicted octanol–water partition coefficient (Wildman–Crippen LogP) is 4.17. The largest absolute Gasteiger partial charge is 0.462 e. The Labute approximate surface area is 161 Å². The Hall–Kier alpha value is -1.59. The van der Waals surface area contributed by atoms with Gasteiger partial charge in [0.2, 0.25) is 0 Å². The second-order valence-electron chi connectivity index (χ2n) is 6.95. The lowest BCUT2D eigenvalue weighted by molar-refractivity contribution is -0.947. The number of rotatable bonds is 8. The number of quaternary nitrogens is 1. The first-order chi connectivity index (χ1) is 12.3. The Balaban J connectivity index is 2.39. The van der Waals surface area contributed by atoms with Crippen LogP contribution >= 0.6 is 11.6 Å². The van der Waals surface area contributed by atoms with E-state index in [-0.39, 0.29) is 12.5 Å². The van der Waals surface area contributed by atoms with Gasteiger partial charge in [0.05, 0.1) is 37.5 Å². The monoisotopic (exact) mass is 381 g/mol. The Morgan fingerprint density at radius 2 is 1.73 bits per heavy atom. The summed E-state index contributed by atoms with van der Waals surface area (Å²) in [5.41, 5.74) is 1.16. The van der Waals surface area contributed by atoms with E-state index in [0.29, 0.717) is 16.3 Å². The number of benzene rings is 1. The number of esters is 1. The average Bonchev–Trinajstić information content (AvgIpc) is 3.41. The standard InChI is InChI=1S/C20H29ClN2O3/c1-6-23(7-2,8-3)20(10-11-20)19(25)22-17-14(5)12-15(21)13-16(17)18(24)26-9-4/h12-13H,6-11H2,1-5H3/p+1. The minimum Gasteiger partial charge on any atom is -0.462 e. The van der Waals surface area contributed by atoms with Gasteiger partial charge in [-0.3, -0.25) is 4.79 Å². The number of likely N-dealkylation sites (N-methyl/N-ethyl adjacent to an activating group) is 1. The minimum atomic E-state index is -0.472. The van der Waals surface area contributed by atoms with Crippen molar-refractivity contribution >= 4 is 29.2 Å². The first-order valence-corrected chi connectivity index (χ1v) is 9.83. The van der Waals surface area contributed by atoms with Crippen molar-refractivity contribution in [2.24, 2.45) is 0 Å². The average molecular weight is 382 g/mol. The van der Waals surface area contributed by atoms with Crippen LogP contribution in [-0.4, -0.2) is 48.1 Å². The second-order valence-corrected chi connectivity index (χ2v) is 7.38. The lowest BCUT2D eigenvalue weighted by Crippen LogP contribution is -2.61. The molecular formula is C20H30ClN2O3+. The fraction of sp³-hybridized carbons (Fsp3) is 0.600. The van der Waals surface area contributed by atoms with Crippen LogP contribution < -0.4 is 5.32 Å². The summed E-state index contributed by atoms with van der Waals surface area (Å²) in [4.78, 5) is 25.6. The molecule has 1 aromatic rings. The molecule has 0 spiro atoms. The van der Waals surface area contributed by atoms with E-state index in [9.17, 15) is 9.59 Å². The number of hydrogen-bond acceptors (Lipinski definition) is 3. The van der Waals surface area contributed by atoms with E-state index in [1.165, 1.54) is 0 Å². The van der Waals surface area contributed by atoms with Crippen LogP contribution in [-0.2, 0) is 9.53 Å². The highest BCUT2D eigenvalue weighted by Gasteiger charge is 2.64. The van der Waals surface area contributed by atoms with Crippen LogP contribution in [0.25, 0.3) is 0 Å². The summed E-state index contributed by atoms with van der Waals surface area (Å²) in [6.07, 6.45) is 1.74. The maximum atomic E-state index is 13.3. The Kier molecular flexibility index (Phi) is 6.35. The molecule has 0 heterocycles. The highest BCUT2D eigenvalue weighted by atomic mass is 35.5.